The predicted octanol–water partition coefficient (Wildman–Crippen LogP) is 2.85. The van der Waals surface area contributed by atoms with Gasteiger partial charge in [0.1, 0.15) is 11.6 Å². The van der Waals surface area contributed by atoms with E-state index in [0.29, 0.717) is 17.2 Å². The molecule has 0 fully saturated rings. The zero-order chi connectivity index (χ0) is 14.5. The van der Waals surface area contributed by atoms with E-state index < -0.39 is 0 Å². The number of amides is 1. The fraction of sp³-hybridized carbons (Fsp3) is 0. The average Bonchev–Trinajstić information content (AvgIpc) is 2.58. The van der Waals surface area contributed by atoms with Crippen molar-refractivity contribution in [3.63, 3.8) is 0 Å². The first-order chi connectivity index (χ1) is 10.4. The maximum atomic E-state index is 12.8. The van der Waals surface area contributed by atoms with Gasteiger partial charge in [0.2, 0.25) is 0 Å². The molecule has 0 unspecified atom stereocenters. The molecule has 0 aliphatic heterocycles. The molecule has 5 nitrogen and oxygen atoms in total. The summed E-state index contributed by atoms with van der Waals surface area (Å²) in [5.41, 5.74) is 0.480. The van der Waals surface area contributed by atoms with E-state index in [0.717, 1.165) is 0 Å². The first-order valence-electron chi connectivity index (χ1n) is 6.43. The van der Waals surface area contributed by atoms with Crippen LogP contribution in [-0.4, -0.2) is 20.9 Å². The quantitative estimate of drug-likeness (QED) is 0.738. The fourth-order valence-electron chi connectivity index (χ4n) is 1.92. The minimum atomic E-state index is -0.222. The third-order valence-electron chi connectivity index (χ3n) is 2.87. The molecular formula is C16H12N4O. The molecule has 0 radical (unpaired) electrons. The lowest BCUT2D eigenvalue weighted by Crippen LogP contribution is -2.27. The number of pyridine rings is 3. The molecule has 3 heterocycles. The van der Waals surface area contributed by atoms with Gasteiger partial charge < -0.3 is 0 Å². The van der Waals surface area contributed by atoms with Gasteiger partial charge in [-0.15, -0.1) is 0 Å². The van der Waals surface area contributed by atoms with Gasteiger partial charge in [-0.3, -0.25) is 9.78 Å². The monoisotopic (exact) mass is 276 g/mol. The number of carbonyl (C=O) groups is 1. The van der Waals surface area contributed by atoms with E-state index in [1.165, 1.54) is 11.1 Å². The molecule has 3 aromatic heterocycles. The average molecular weight is 276 g/mol. The van der Waals surface area contributed by atoms with Crippen molar-refractivity contribution < 1.29 is 4.79 Å². The van der Waals surface area contributed by atoms with Gasteiger partial charge in [0.15, 0.2) is 0 Å². The van der Waals surface area contributed by atoms with Crippen molar-refractivity contribution in [1.29, 1.82) is 0 Å². The van der Waals surface area contributed by atoms with Crippen molar-refractivity contribution in [2.75, 3.05) is 4.90 Å². The zero-order valence-corrected chi connectivity index (χ0v) is 11.1. The number of nitrogens with zero attached hydrogens (tertiary/aromatic N) is 4. The maximum absolute atomic E-state index is 12.8. The summed E-state index contributed by atoms with van der Waals surface area (Å²) in [6.45, 7) is 0. The second kappa shape index (κ2) is 5.92. The molecule has 3 aromatic rings. The van der Waals surface area contributed by atoms with Crippen molar-refractivity contribution in [2.24, 2.45) is 0 Å². The Morgan fingerprint density at radius 3 is 1.95 bits per heavy atom. The van der Waals surface area contributed by atoms with Crippen LogP contribution in [0.3, 0.4) is 0 Å². The van der Waals surface area contributed by atoms with Gasteiger partial charge in [-0.2, -0.15) is 0 Å². The Labute approximate surface area is 121 Å². The van der Waals surface area contributed by atoms with Gasteiger partial charge in [-0.1, -0.05) is 12.1 Å². The largest absolute Gasteiger partial charge is 0.268 e. The fourth-order valence-corrected chi connectivity index (χ4v) is 1.92. The summed E-state index contributed by atoms with van der Waals surface area (Å²) in [5.74, 6) is 0.815. The summed E-state index contributed by atoms with van der Waals surface area (Å²) >= 11 is 0. The molecule has 0 aromatic carbocycles. The highest BCUT2D eigenvalue weighted by molar-refractivity contribution is 6.09. The van der Waals surface area contributed by atoms with Crippen LogP contribution in [0.15, 0.2) is 73.3 Å². The lowest BCUT2D eigenvalue weighted by Gasteiger charge is -2.20. The highest BCUT2D eigenvalue weighted by atomic mass is 16.2. The third kappa shape index (κ3) is 2.76. The van der Waals surface area contributed by atoms with Crippen LogP contribution >= 0.6 is 0 Å². The minimum absolute atomic E-state index is 0.222. The van der Waals surface area contributed by atoms with Gasteiger partial charge in [0.05, 0.1) is 5.56 Å². The SMILES string of the molecule is O=C(c1cccnc1)N(c1ccccn1)c1ccccn1. The van der Waals surface area contributed by atoms with E-state index in [2.05, 4.69) is 15.0 Å². The zero-order valence-electron chi connectivity index (χ0n) is 11.1. The number of carbonyl (C=O) groups excluding carboxylic acids is 1. The molecule has 21 heavy (non-hydrogen) atoms. The number of aromatic nitrogens is 3. The Morgan fingerprint density at radius 2 is 1.48 bits per heavy atom. The van der Waals surface area contributed by atoms with Crippen molar-refractivity contribution >= 4 is 17.5 Å². The molecule has 0 aliphatic carbocycles. The Bertz CT molecular complexity index is 678. The Kier molecular flexibility index (Phi) is 3.64. The smallest absolute Gasteiger partial charge is 0.266 e. The van der Waals surface area contributed by atoms with Crippen molar-refractivity contribution in [3.8, 4) is 0 Å². The summed E-state index contributed by atoms with van der Waals surface area (Å²) < 4.78 is 0. The molecule has 1 amide bonds. The molecule has 0 aliphatic rings. The molecule has 0 N–H and O–H groups in total. The predicted molar refractivity (Wildman–Crippen MR) is 79.2 cm³/mol. The summed E-state index contributed by atoms with van der Waals surface area (Å²) in [5, 5.41) is 0. The van der Waals surface area contributed by atoms with E-state index in [-0.39, 0.29) is 5.91 Å². The molecule has 0 bridgehead atoms. The molecule has 102 valence electrons. The lowest BCUT2D eigenvalue weighted by atomic mass is 10.2. The summed E-state index contributed by atoms with van der Waals surface area (Å²) in [4.78, 5) is 26.7. The number of rotatable bonds is 3. The first-order valence-corrected chi connectivity index (χ1v) is 6.43. The van der Waals surface area contributed by atoms with E-state index in [4.69, 9.17) is 0 Å². The van der Waals surface area contributed by atoms with Gasteiger partial charge in [-0.05, 0) is 36.4 Å². The van der Waals surface area contributed by atoms with E-state index in [1.807, 2.05) is 12.1 Å². The molecular weight excluding hydrogens is 264 g/mol. The highest BCUT2D eigenvalue weighted by Crippen LogP contribution is 2.23. The molecule has 0 saturated heterocycles. The highest BCUT2D eigenvalue weighted by Gasteiger charge is 2.21. The van der Waals surface area contributed by atoms with E-state index >= 15 is 0 Å². The number of hydrogen-bond acceptors (Lipinski definition) is 4. The van der Waals surface area contributed by atoms with Gasteiger partial charge >= 0.3 is 0 Å². The summed E-state index contributed by atoms with van der Waals surface area (Å²) in [6, 6.07) is 14.2. The van der Waals surface area contributed by atoms with Crippen molar-refractivity contribution in [3.05, 3.63) is 78.9 Å². The Balaban J connectivity index is 2.07. The third-order valence-corrected chi connectivity index (χ3v) is 2.87. The first kappa shape index (κ1) is 12.9. The molecule has 5 heteroatoms. The van der Waals surface area contributed by atoms with Crippen LogP contribution in [0.5, 0.6) is 0 Å². The van der Waals surface area contributed by atoms with Gasteiger partial charge in [-0.25, -0.2) is 14.9 Å². The minimum Gasteiger partial charge on any atom is -0.268 e. The molecule has 3 rings (SSSR count). The van der Waals surface area contributed by atoms with E-state index in [1.54, 1.807) is 55.0 Å². The van der Waals surface area contributed by atoms with Crippen LogP contribution in [0.1, 0.15) is 10.4 Å². The van der Waals surface area contributed by atoms with Crippen LogP contribution in [0.25, 0.3) is 0 Å². The van der Waals surface area contributed by atoms with Gasteiger partial charge in [0, 0.05) is 24.8 Å². The lowest BCUT2D eigenvalue weighted by molar-refractivity contribution is 0.0997. The van der Waals surface area contributed by atoms with Crippen molar-refractivity contribution in [2.45, 2.75) is 0 Å². The normalized spacial score (nSPS) is 10.1. The standard InChI is InChI=1S/C16H12N4O/c21-16(13-6-5-9-17-12-13)20(14-7-1-3-10-18-14)15-8-2-4-11-19-15/h1-12H. The van der Waals surface area contributed by atoms with Crippen LogP contribution < -0.4 is 4.90 Å². The topological polar surface area (TPSA) is 59.0 Å². The van der Waals surface area contributed by atoms with Crippen LogP contribution in [0.4, 0.5) is 11.6 Å². The van der Waals surface area contributed by atoms with Crippen molar-refractivity contribution in [1.82, 2.24) is 15.0 Å². The van der Waals surface area contributed by atoms with E-state index in [9.17, 15) is 4.79 Å². The van der Waals surface area contributed by atoms with Gasteiger partial charge in [0.25, 0.3) is 5.91 Å². The Morgan fingerprint density at radius 1 is 0.810 bits per heavy atom. The molecule has 0 atom stereocenters. The van der Waals surface area contributed by atoms with Crippen LogP contribution in [0, 0.1) is 0 Å². The summed E-state index contributed by atoms with van der Waals surface area (Å²) in [7, 11) is 0. The molecule has 0 spiro atoms. The number of hydrogen-bond donors (Lipinski definition) is 0. The number of anilines is 2. The maximum Gasteiger partial charge on any atom is 0.266 e. The Hall–Kier alpha value is -3.08. The van der Waals surface area contributed by atoms with Crippen LogP contribution in [-0.2, 0) is 0 Å². The second-order valence-corrected chi connectivity index (χ2v) is 4.26. The van der Waals surface area contributed by atoms with Crippen LogP contribution in [0.2, 0.25) is 0 Å². The molecule has 0 saturated carbocycles. The second-order valence-electron chi connectivity index (χ2n) is 4.26. The summed E-state index contributed by atoms with van der Waals surface area (Å²) in [6.07, 6.45) is 6.44.